The number of alkyl halides is 3. The normalized spacial score (nSPS) is 15.7. The Hall–Kier alpha value is -2.72. The third-order valence-electron chi connectivity index (χ3n) is 4.39. The molecule has 0 unspecified atom stereocenters. The van der Waals surface area contributed by atoms with Gasteiger partial charge in [0, 0.05) is 18.7 Å². The molecule has 0 radical (unpaired) electrons. The summed E-state index contributed by atoms with van der Waals surface area (Å²) in [4.78, 5) is 12.3. The first-order valence-corrected chi connectivity index (χ1v) is 10.2. The van der Waals surface area contributed by atoms with Gasteiger partial charge in [-0.3, -0.25) is 4.79 Å². The van der Waals surface area contributed by atoms with Gasteiger partial charge in [0.1, 0.15) is 0 Å². The fourth-order valence-electron chi connectivity index (χ4n) is 2.90. The summed E-state index contributed by atoms with van der Waals surface area (Å²) in [5.74, 6) is -0.674. The van der Waals surface area contributed by atoms with Gasteiger partial charge in [0.05, 0.1) is 16.7 Å². The predicted molar refractivity (Wildman–Crippen MR) is 101 cm³/mol. The van der Waals surface area contributed by atoms with Crippen molar-refractivity contribution in [2.45, 2.75) is 23.9 Å². The number of nitrogens with zero attached hydrogens (tertiary/aromatic N) is 2. The van der Waals surface area contributed by atoms with Crippen LogP contribution < -0.4 is 5.43 Å². The van der Waals surface area contributed by atoms with E-state index < -0.39 is 27.7 Å². The van der Waals surface area contributed by atoms with Crippen LogP contribution >= 0.6 is 0 Å². The van der Waals surface area contributed by atoms with Gasteiger partial charge in [-0.1, -0.05) is 18.2 Å². The molecule has 0 spiro atoms. The number of nitrogens with one attached hydrogen (secondary N) is 1. The van der Waals surface area contributed by atoms with Gasteiger partial charge in [-0.25, -0.2) is 13.8 Å². The van der Waals surface area contributed by atoms with Gasteiger partial charge in [-0.2, -0.15) is 22.6 Å². The number of rotatable bonds is 5. The highest BCUT2D eigenvalue weighted by Gasteiger charge is 2.30. The Morgan fingerprint density at radius 3 is 2.45 bits per heavy atom. The number of hydrogen-bond acceptors (Lipinski definition) is 4. The van der Waals surface area contributed by atoms with Gasteiger partial charge in [-0.15, -0.1) is 0 Å². The number of amides is 1. The monoisotopic (exact) mass is 425 g/mol. The third-order valence-corrected chi connectivity index (χ3v) is 6.29. The van der Waals surface area contributed by atoms with E-state index in [-0.39, 0.29) is 16.0 Å². The van der Waals surface area contributed by atoms with Crippen molar-refractivity contribution in [1.29, 1.82) is 0 Å². The van der Waals surface area contributed by atoms with E-state index in [4.69, 9.17) is 0 Å². The van der Waals surface area contributed by atoms with Crippen molar-refractivity contribution in [3.05, 3.63) is 65.2 Å². The summed E-state index contributed by atoms with van der Waals surface area (Å²) in [7, 11) is -3.67. The standard InChI is InChI=1S/C19H18F3N3O3S/c20-19(21,22)16-7-3-5-14(11-16)13-23-24-18(26)15-6-4-8-17(12-15)29(27,28)25-9-1-2-10-25/h3-8,11-13H,1-2,9-10H2,(H,24,26)/b23-13+. The number of halogens is 3. The predicted octanol–water partition coefficient (Wildman–Crippen LogP) is 3.25. The lowest BCUT2D eigenvalue weighted by Crippen LogP contribution is -2.28. The van der Waals surface area contributed by atoms with Gasteiger partial charge >= 0.3 is 6.18 Å². The molecule has 3 rings (SSSR count). The summed E-state index contributed by atoms with van der Waals surface area (Å²) < 4.78 is 64.7. The Morgan fingerprint density at radius 2 is 1.76 bits per heavy atom. The molecule has 1 aliphatic rings. The molecule has 0 bridgehead atoms. The number of benzene rings is 2. The molecule has 2 aromatic rings. The molecule has 0 saturated carbocycles. The summed E-state index contributed by atoms with van der Waals surface area (Å²) >= 11 is 0. The largest absolute Gasteiger partial charge is 0.416 e. The fraction of sp³-hybridized carbons (Fsp3) is 0.263. The lowest BCUT2D eigenvalue weighted by atomic mass is 10.1. The van der Waals surface area contributed by atoms with E-state index in [0.29, 0.717) is 13.1 Å². The topological polar surface area (TPSA) is 78.8 Å². The third kappa shape index (κ3) is 5.01. The summed E-state index contributed by atoms with van der Waals surface area (Å²) in [6.07, 6.45) is -1.81. The minimum absolute atomic E-state index is 0.00825. The van der Waals surface area contributed by atoms with Crippen molar-refractivity contribution in [1.82, 2.24) is 9.73 Å². The van der Waals surface area contributed by atoms with Crippen molar-refractivity contribution in [3.63, 3.8) is 0 Å². The van der Waals surface area contributed by atoms with E-state index in [9.17, 15) is 26.4 Å². The van der Waals surface area contributed by atoms with Crippen molar-refractivity contribution < 1.29 is 26.4 Å². The minimum Gasteiger partial charge on any atom is -0.267 e. The fourth-order valence-corrected chi connectivity index (χ4v) is 4.46. The Kier molecular flexibility index (Phi) is 6.04. The van der Waals surface area contributed by atoms with Crippen LogP contribution in [0.5, 0.6) is 0 Å². The number of carbonyl (C=O) groups is 1. The van der Waals surface area contributed by atoms with E-state index in [1.165, 1.54) is 40.7 Å². The zero-order valence-electron chi connectivity index (χ0n) is 15.2. The Labute approximate surface area is 166 Å². The van der Waals surface area contributed by atoms with E-state index in [2.05, 4.69) is 10.5 Å². The summed E-state index contributed by atoms with van der Waals surface area (Å²) in [5, 5.41) is 3.66. The van der Waals surface area contributed by atoms with Crippen LogP contribution in [0.1, 0.15) is 34.3 Å². The van der Waals surface area contributed by atoms with E-state index >= 15 is 0 Å². The first kappa shape index (κ1) is 21.0. The first-order chi connectivity index (χ1) is 13.7. The van der Waals surface area contributed by atoms with E-state index in [0.717, 1.165) is 31.2 Å². The maximum atomic E-state index is 12.7. The Balaban J connectivity index is 1.71. The second kappa shape index (κ2) is 8.34. The Bertz CT molecular complexity index is 1030. The highest BCUT2D eigenvalue weighted by atomic mass is 32.2. The van der Waals surface area contributed by atoms with Crippen LogP contribution in [0.25, 0.3) is 0 Å². The van der Waals surface area contributed by atoms with Gasteiger partial charge in [0.2, 0.25) is 10.0 Å². The SMILES string of the molecule is O=C(N/N=C/c1cccc(C(F)(F)F)c1)c1cccc(S(=O)(=O)N2CCCC2)c1. The number of carbonyl (C=O) groups excluding carboxylic acids is 1. The lowest BCUT2D eigenvalue weighted by Gasteiger charge is -2.15. The quantitative estimate of drug-likeness (QED) is 0.590. The average Bonchev–Trinajstić information content (AvgIpc) is 3.23. The molecular formula is C19H18F3N3O3S. The van der Waals surface area contributed by atoms with Crippen molar-refractivity contribution in [2.75, 3.05) is 13.1 Å². The molecule has 1 saturated heterocycles. The number of hydrogen-bond donors (Lipinski definition) is 1. The zero-order chi connectivity index (χ0) is 21.1. The van der Waals surface area contributed by atoms with Crippen LogP contribution in [-0.4, -0.2) is 37.9 Å². The van der Waals surface area contributed by atoms with E-state index in [1.54, 1.807) is 0 Å². The van der Waals surface area contributed by atoms with Crippen molar-refractivity contribution in [2.24, 2.45) is 5.10 Å². The molecule has 1 aliphatic heterocycles. The number of hydrazone groups is 1. The molecule has 154 valence electrons. The van der Waals surface area contributed by atoms with E-state index in [1.807, 2.05) is 0 Å². The molecule has 29 heavy (non-hydrogen) atoms. The second-order valence-electron chi connectivity index (χ2n) is 6.46. The van der Waals surface area contributed by atoms with Crippen LogP contribution in [0.2, 0.25) is 0 Å². The molecule has 2 aromatic carbocycles. The van der Waals surface area contributed by atoms with Gasteiger partial charge in [0.15, 0.2) is 0 Å². The summed E-state index contributed by atoms with van der Waals surface area (Å²) in [6, 6.07) is 10.0. The summed E-state index contributed by atoms with van der Waals surface area (Å²) in [6.45, 7) is 0.889. The zero-order valence-corrected chi connectivity index (χ0v) is 16.0. The maximum absolute atomic E-state index is 12.7. The van der Waals surface area contributed by atoms with Crippen LogP contribution in [0, 0.1) is 0 Å². The first-order valence-electron chi connectivity index (χ1n) is 8.79. The molecule has 6 nitrogen and oxygen atoms in total. The molecule has 0 atom stereocenters. The molecule has 1 heterocycles. The second-order valence-corrected chi connectivity index (χ2v) is 8.40. The van der Waals surface area contributed by atoms with Crippen molar-refractivity contribution >= 4 is 22.1 Å². The van der Waals surface area contributed by atoms with Crippen molar-refractivity contribution in [3.8, 4) is 0 Å². The molecule has 0 aliphatic carbocycles. The Morgan fingerprint density at radius 1 is 1.07 bits per heavy atom. The average molecular weight is 425 g/mol. The highest BCUT2D eigenvalue weighted by molar-refractivity contribution is 7.89. The van der Waals surface area contributed by atoms with Gasteiger partial charge in [-0.05, 0) is 48.7 Å². The maximum Gasteiger partial charge on any atom is 0.416 e. The molecule has 0 aromatic heterocycles. The minimum atomic E-state index is -4.48. The van der Waals surface area contributed by atoms with Crippen LogP contribution in [0.3, 0.4) is 0 Å². The number of sulfonamides is 1. The summed E-state index contributed by atoms with van der Waals surface area (Å²) in [5.41, 5.74) is 1.60. The molecule has 1 fully saturated rings. The lowest BCUT2D eigenvalue weighted by molar-refractivity contribution is -0.137. The van der Waals surface area contributed by atoms with Gasteiger partial charge in [0.25, 0.3) is 5.91 Å². The molecular weight excluding hydrogens is 407 g/mol. The van der Waals surface area contributed by atoms with Gasteiger partial charge < -0.3 is 0 Å². The highest BCUT2D eigenvalue weighted by Crippen LogP contribution is 2.29. The van der Waals surface area contributed by atoms with Crippen LogP contribution in [-0.2, 0) is 16.2 Å². The molecule has 1 N–H and O–H groups in total. The molecule has 10 heteroatoms. The van der Waals surface area contributed by atoms with Crippen LogP contribution in [0.4, 0.5) is 13.2 Å². The molecule has 1 amide bonds. The smallest absolute Gasteiger partial charge is 0.267 e. The van der Waals surface area contributed by atoms with Crippen LogP contribution in [0.15, 0.2) is 58.5 Å².